The van der Waals surface area contributed by atoms with Crippen LogP contribution in [0, 0.1) is 11.8 Å². The van der Waals surface area contributed by atoms with Crippen molar-refractivity contribution < 1.29 is 4.74 Å². The van der Waals surface area contributed by atoms with Gasteiger partial charge in [-0.1, -0.05) is 20.3 Å². The zero-order valence-corrected chi connectivity index (χ0v) is 10.6. The third kappa shape index (κ3) is 4.98. The maximum absolute atomic E-state index is 5.40. The van der Waals surface area contributed by atoms with Gasteiger partial charge in [0, 0.05) is 19.3 Å². The standard InChI is InChI=1S/C13H27NO/c1-4-11(2)9-13(14-3)10-12-5-7-15-8-6-12/h11-14H,4-10H2,1-3H3. The molecule has 1 N–H and O–H groups in total. The van der Waals surface area contributed by atoms with E-state index in [4.69, 9.17) is 4.74 Å². The first kappa shape index (κ1) is 13.0. The SMILES string of the molecule is CCC(C)CC(CC1CCOCC1)NC. The van der Waals surface area contributed by atoms with E-state index in [9.17, 15) is 0 Å². The van der Waals surface area contributed by atoms with Gasteiger partial charge in [0.15, 0.2) is 0 Å². The van der Waals surface area contributed by atoms with E-state index in [0.29, 0.717) is 6.04 Å². The molecular formula is C13H27NO. The molecule has 1 saturated heterocycles. The lowest BCUT2D eigenvalue weighted by atomic mass is 9.88. The van der Waals surface area contributed by atoms with Crippen molar-refractivity contribution in [3.8, 4) is 0 Å². The van der Waals surface area contributed by atoms with E-state index in [0.717, 1.165) is 25.0 Å². The molecule has 1 aliphatic heterocycles. The summed E-state index contributed by atoms with van der Waals surface area (Å²) in [5.41, 5.74) is 0. The largest absolute Gasteiger partial charge is 0.381 e. The molecule has 0 radical (unpaired) electrons. The van der Waals surface area contributed by atoms with Crippen LogP contribution in [0.4, 0.5) is 0 Å². The van der Waals surface area contributed by atoms with E-state index in [1.54, 1.807) is 0 Å². The van der Waals surface area contributed by atoms with Crippen LogP contribution in [-0.4, -0.2) is 26.3 Å². The fourth-order valence-electron chi connectivity index (χ4n) is 2.37. The van der Waals surface area contributed by atoms with E-state index in [2.05, 4.69) is 26.2 Å². The summed E-state index contributed by atoms with van der Waals surface area (Å²) < 4.78 is 5.40. The van der Waals surface area contributed by atoms with Gasteiger partial charge in [-0.05, 0) is 44.6 Å². The summed E-state index contributed by atoms with van der Waals surface area (Å²) in [5, 5.41) is 3.47. The van der Waals surface area contributed by atoms with E-state index < -0.39 is 0 Å². The first-order valence-electron chi connectivity index (χ1n) is 6.51. The molecule has 0 aromatic carbocycles. The fraction of sp³-hybridized carbons (Fsp3) is 1.00. The Balaban J connectivity index is 2.25. The fourth-order valence-corrected chi connectivity index (χ4v) is 2.37. The summed E-state index contributed by atoms with van der Waals surface area (Å²) in [5.74, 6) is 1.74. The zero-order valence-electron chi connectivity index (χ0n) is 10.6. The molecule has 0 bridgehead atoms. The molecule has 0 aromatic heterocycles. The number of nitrogens with one attached hydrogen (secondary N) is 1. The molecule has 0 saturated carbocycles. The average Bonchev–Trinajstić information content (AvgIpc) is 2.29. The highest BCUT2D eigenvalue weighted by Crippen LogP contribution is 2.23. The second-order valence-electron chi connectivity index (χ2n) is 5.03. The van der Waals surface area contributed by atoms with E-state index in [1.807, 2.05) is 0 Å². The van der Waals surface area contributed by atoms with E-state index >= 15 is 0 Å². The molecule has 2 heteroatoms. The summed E-state index contributed by atoms with van der Waals surface area (Å²) in [7, 11) is 2.10. The minimum atomic E-state index is 0.711. The normalized spacial score (nSPS) is 22.6. The average molecular weight is 213 g/mol. The highest BCUT2D eigenvalue weighted by Gasteiger charge is 2.19. The second-order valence-corrected chi connectivity index (χ2v) is 5.03. The Labute approximate surface area is 94.8 Å². The topological polar surface area (TPSA) is 21.3 Å². The van der Waals surface area contributed by atoms with Gasteiger partial charge in [-0.2, -0.15) is 0 Å². The van der Waals surface area contributed by atoms with Crippen LogP contribution in [0.25, 0.3) is 0 Å². The van der Waals surface area contributed by atoms with Gasteiger partial charge in [0.2, 0.25) is 0 Å². The third-order valence-corrected chi connectivity index (χ3v) is 3.75. The summed E-state index contributed by atoms with van der Waals surface area (Å²) in [6, 6.07) is 0.711. The Morgan fingerprint density at radius 3 is 2.53 bits per heavy atom. The molecule has 1 rings (SSSR count). The van der Waals surface area contributed by atoms with Crippen LogP contribution in [0.3, 0.4) is 0 Å². The maximum atomic E-state index is 5.40. The number of rotatable bonds is 6. The molecule has 0 aliphatic carbocycles. The van der Waals surface area contributed by atoms with Crippen molar-refractivity contribution in [2.45, 2.75) is 52.0 Å². The summed E-state index contributed by atoms with van der Waals surface area (Å²) in [6.45, 7) is 6.59. The van der Waals surface area contributed by atoms with Gasteiger partial charge < -0.3 is 10.1 Å². The van der Waals surface area contributed by atoms with Crippen molar-refractivity contribution in [2.75, 3.05) is 20.3 Å². The first-order valence-corrected chi connectivity index (χ1v) is 6.51. The molecule has 1 fully saturated rings. The van der Waals surface area contributed by atoms with Crippen LogP contribution in [0.2, 0.25) is 0 Å². The first-order chi connectivity index (χ1) is 7.26. The Morgan fingerprint density at radius 2 is 2.00 bits per heavy atom. The Bertz CT molecular complexity index is 155. The molecule has 0 spiro atoms. The molecule has 15 heavy (non-hydrogen) atoms. The van der Waals surface area contributed by atoms with E-state index in [1.165, 1.54) is 32.1 Å². The predicted molar refractivity (Wildman–Crippen MR) is 65.1 cm³/mol. The van der Waals surface area contributed by atoms with Crippen LogP contribution in [0.1, 0.15) is 46.0 Å². The second kappa shape index (κ2) is 7.24. The molecule has 1 heterocycles. The van der Waals surface area contributed by atoms with Crippen LogP contribution >= 0.6 is 0 Å². The third-order valence-electron chi connectivity index (χ3n) is 3.75. The van der Waals surface area contributed by atoms with Crippen molar-refractivity contribution >= 4 is 0 Å². The monoisotopic (exact) mass is 213 g/mol. The molecule has 2 atom stereocenters. The molecule has 0 aromatic rings. The van der Waals surface area contributed by atoms with Crippen molar-refractivity contribution in [2.24, 2.45) is 11.8 Å². The van der Waals surface area contributed by atoms with Crippen molar-refractivity contribution in [1.82, 2.24) is 5.32 Å². The van der Waals surface area contributed by atoms with Crippen LogP contribution in [0.5, 0.6) is 0 Å². The maximum Gasteiger partial charge on any atom is 0.0468 e. The quantitative estimate of drug-likeness (QED) is 0.732. The van der Waals surface area contributed by atoms with Gasteiger partial charge in [-0.25, -0.2) is 0 Å². The minimum absolute atomic E-state index is 0.711. The number of hydrogen-bond donors (Lipinski definition) is 1. The van der Waals surface area contributed by atoms with Crippen LogP contribution in [0.15, 0.2) is 0 Å². The van der Waals surface area contributed by atoms with Gasteiger partial charge >= 0.3 is 0 Å². The van der Waals surface area contributed by atoms with Gasteiger partial charge in [-0.15, -0.1) is 0 Å². The van der Waals surface area contributed by atoms with Crippen molar-refractivity contribution in [1.29, 1.82) is 0 Å². The van der Waals surface area contributed by atoms with Crippen LogP contribution < -0.4 is 5.32 Å². The van der Waals surface area contributed by atoms with Gasteiger partial charge in [0.25, 0.3) is 0 Å². The van der Waals surface area contributed by atoms with Crippen molar-refractivity contribution in [3.63, 3.8) is 0 Å². The van der Waals surface area contributed by atoms with Crippen molar-refractivity contribution in [3.05, 3.63) is 0 Å². The molecule has 1 aliphatic rings. The van der Waals surface area contributed by atoms with E-state index in [-0.39, 0.29) is 0 Å². The van der Waals surface area contributed by atoms with Gasteiger partial charge in [0.05, 0.1) is 0 Å². The molecular weight excluding hydrogens is 186 g/mol. The van der Waals surface area contributed by atoms with Gasteiger partial charge in [-0.3, -0.25) is 0 Å². The minimum Gasteiger partial charge on any atom is -0.381 e. The lowest BCUT2D eigenvalue weighted by molar-refractivity contribution is 0.0599. The van der Waals surface area contributed by atoms with Gasteiger partial charge in [0.1, 0.15) is 0 Å². The smallest absolute Gasteiger partial charge is 0.0468 e. The lowest BCUT2D eigenvalue weighted by Gasteiger charge is -2.27. The Kier molecular flexibility index (Phi) is 6.26. The Morgan fingerprint density at radius 1 is 1.33 bits per heavy atom. The molecule has 0 amide bonds. The Hall–Kier alpha value is -0.0800. The molecule has 90 valence electrons. The molecule has 2 unspecified atom stereocenters. The summed E-state index contributed by atoms with van der Waals surface area (Å²) in [4.78, 5) is 0. The number of ether oxygens (including phenoxy) is 1. The summed E-state index contributed by atoms with van der Waals surface area (Å²) in [6.07, 6.45) is 6.48. The molecule has 2 nitrogen and oxygen atoms in total. The highest BCUT2D eigenvalue weighted by atomic mass is 16.5. The highest BCUT2D eigenvalue weighted by molar-refractivity contribution is 4.74. The zero-order chi connectivity index (χ0) is 11.1. The number of hydrogen-bond acceptors (Lipinski definition) is 2. The van der Waals surface area contributed by atoms with Crippen LogP contribution in [-0.2, 0) is 4.74 Å². The summed E-state index contributed by atoms with van der Waals surface area (Å²) >= 11 is 0. The predicted octanol–water partition coefficient (Wildman–Crippen LogP) is 2.83. The lowest BCUT2D eigenvalue weighted by Crippen LogP contribution is -2.31.